The molecule has 10 aromatic carbocycles. The summed E-state index contributed by atoms with van der Waals surface area (Å²) in [5, 5.41) is 0. The zero-order valence-electron chi connectivity index (χ0n) is 58.7. The van der Waals surface area contributed by atoms with E-state index in [9.17, 15) is 0 Å². The first-order valence-corrected chi connectivity index (χ1v) is 39.3. The Morgan fingerprint density at radius 2 is 0.552 bits per heavy atom. The summed E-state index contributed by atoms with van der Waals surface area (Å²) >= 11 is 0. The van der Waals surface area contributed by atoms with E-state index in [-0.39, 0.29) is 34.8 Å². The van der Waals surface area contributed by atoms with Crippen LogP contribution in [-0.2, 0) is 0 Å². The molecule has 6 fully saturated rings. The molecule has 105 heavy (non-hydrogen) atoms. The van der Waals surface area contributed by atoms with E-state index < -0.39 is 55.0 Å². The van der Waals surface area contributed by atoms with Gasteiger partial charge in [0.25, 0.3) is 20.1 Å². The van der Waals surface area contributed by atoms with Crippen molar-refractivity contribution in [3.05, 3.63) is 215 Å². The van der Waals surface area contributed by atoms with Crippen molar-refractivity contribution in [3.8, 4) is 34.5 Å². The Morgan fingerprint density at radius 1 is 0.257 bits per heavy atom. The molecule has 12 aliphatic rings. The van der Waals surface area contributed by atoms with Gasteiger partial charge < -0.3 is 28.9 Å². The summed E-state index contributed by atoms with van der Waals surface area (Å²) in [5.41, 5.74) is 12.5. The fourth-order valence-corrected chi connectivity index (χ4v) is 23.3. The molecule has 0 aromatic heterocycles. The Balaban J connectivity index is 0.816. The van der Waals surface area contributed by atoms with Gasteiger partial charge in [-0.3, -0.25) is 0 Å². The van der Waals surface area contributed by atoms with Gasteiger partial charge in [0, 0.05) is 40.2 Å². The van der Waals surface area contributed by atoms with Crippen LogP contribution in [0.25, 0.3) is 0 Å². The molecule has 6 aliphatic heterocycles. The molecular weight excluding hydrogens is 1320 g/mol. The van der Waals surface area contributed by atoms with Crippen LogP contribution in [0, 0.1) is 70.4 Å². The van der Waals surface area contributed by atoms with Crippen molar-refractivity contribution in [3.63, 3.8) is 0 Å². The molecule has 15 heteroatoms. The fourth-order valence-electron chi connectivity index (χ4n) is 23.3. The average Bonchev–Trinajstić information content (AvgIpc) is 1.48. The zero-order chi connectivity index (χ0) is 69.8. The van der Waals surface area contributed by atoms with Crippen LogP contribution in [0.2, 0.25) is 0 Å². The number of rotatable bonds is 6. The molecule has 0 saturated heterocycles. The second kappa shape index (κ2) is 24.1. The zero-order valence-corrected chi connectivity index (χ0v) is 58.7. The molecule has 6 unspecified atom stereocenters. The van der Waals surface area contributed by atoms with Gasteiger partial charge in [0.2, 0.25) is 0 Å². The van der Waals surface area contributed by atoms with Gasteiger partial charge in [0.05, 0.1) is 0 Å². The van der Waals surface area contributed by atoms with Crippen molar-refractivity contribution in [1.29, 1.82) is 0 Å². The van der Waals surface area contributed by atoms with Crippen LogP contribution in [0.1, 0.15) is 169 Å². The van der Waals surface area contributed by atoms with Crippen molar-refractivity contribution < 1.29 is 40.6 Å². The van der Waals surface area contributed by atoms with Crippen LogP contribution in [-0.4, -0.2) is 20.1 Å². The minimum Gasteiger partial charge on any atom is -0.458 e. The molecule has 6 saturated carbocycles. The first-order valence-electron chi connectivity index (χ1n) is 39.3. The third-order valence-corrected chi connectivity index (χ3v) is 27.8. The number of hydrogen-bond donors (Lipinski definition) is 0. The lowest BCUT2D eigenvalue weighted by atomic mass is 9.29. The topological polar surface area (TPSA) is 37.4 Å². The predicted molar refractivity (Wildman–Crippen MR) is 410 cm³/mol. The Morgan fingerprint density at radius 3 is 0.895 bits per heavy atom. The largest absolute Gasteiger partial charge is 0.458 e. The van der Waals surface area contributed by atoms with Gasteiger partial charge in [0.15, 0.2) is 0 Å². The number of hydrogen-bond acceptors (Lipinski definition) is 6. The Hall–Kier alpha value is -9.23. The van der Waals surface area contributed by atoms with Crippen LogP contribution in [0.4, 0.5) is 77.5 Å². The number of anilines is 9. The second-order valence-electron chi connectivity index (χ2n) is 33.2. The minimum atomic E-state index is -0.786. The molecule has 10 aromatic rings. The van der Waals surface area contributed by atoms with E-state index >= 15 is 26.3 Å². The average molecular weight is 1400 g/mol. The third-order valence-electron chi connectivity index (χ3n) is 27.8. The molecule has 522 valence electrons. The molecule has 6 heterocycles. The number of ether oxygens (including phenoxy) is 3. The van der Waals surface area contributed by atoms with E-state index in [1.807, 2.05) is 48.5 Å². The van der Waals surface area contributed by atoms with Crippen LogP contribution in [0.15, 0.2) is 164 Å². The van der Waals surface area contributed by atoms with Gasteiger partial charge in [-0.2, -0.15) is 0 Å². The van der Waals surface area contributed by atoms with Crippen molar-refractivity contribution in [2.45, 2.75) is 153 Å². The monoisotopic (exact) mass is 1400 g/mol. The Bertz CT molecular complexity index is 5240. The summed E-state index contributed by atoms with van der Waals surface area (Å²) in [6.45, 7) is -1.81. The first-order chi connectivity index (χ1) is 51.5. The van der Waals surface area contributed by atoms with Crippen molar-refractivity contribution in [2.75, 3.05) is 14.7 Å². The van der Waals surface area contributed by atoms with Crippen molar-refractivity contribution in [2.24, 2.45) is 35.5 Å². The molecule has 6 nitrogen and oxygen atoms in total. The van der Waals surface area contributed by atoms with E-state index in [1.54, 1.807) is 14.7 Å². The number of para-hydroxylation sites is 5. The van der Waals surface area contributed by atoms with Gasteiger partial charge in [-0.25, -0.2) is 26.3 Å². The summed E-state index contributed by atoms with van der Waals surface area (Å²) in [5.74, 6) is 3.00. The number of nitrogens with zero attached hydrogens (tertiary/aromatic N) is 3. The highest BCUT2D eigenvalue weighted by molar-refractivity contribution is 7.03. The lowest BCUT2D eigenvalue weighted by Gasteiger charge is -2.45. The maximum absolute atomic E-state index is 17.9. The first kappa shape index (κ1) is 63.1. The summed E-state index contributed by atoms with van der Waals surface area (Å²) < 4.78 is 128. The van der Waals surface area contributed by atoms with E-state index in [4.69, 9.17) is 14.2 Å². The molecule has 0 radical (unpaired) electrons. The standard InChI is InChI=1S/C90H78B3F6N3O3/c94-67-25-14-26-68(95)88(67)100-73-47-74-64(45-63(73)91-61-23-10-12-31-79(61)103-82-42-58(39-76(100)85(82)91)55-33-49-17-4-1-5-18-50(49)34-55)93-66-46-65-75(48-81(66)105-84-44-60(57-37-53-21-8-3-9-22-54(53)38-57)41-78(87(84)93)101(74)89-69(96)27-15-28-70(89)97)102(90-71(98)29-16-30-72(90)99)77-40-59(56-35-51-19-6-2-7-20-52(51)36-56)43-83-86(77)92(65)62-24-11-13-32-80(62)104-83/h10-16,23-32,39-57H,1-9,17-22,33-38H2. The number of fused-ring (bicyclic) bond motifs is 15. The van der Waals surface area contributed by atoms with Crippen LogP contribution < -0.4 is 78.1 Å². The maximum Gasteiger partial charge on any atom is 0.256 e. The van der Waals surface area contributed by atoms with Crippen LogP contribution >= 0.6 is 0 Å². The molecular formula is C90H78B3F6N3O3. The lowest BCUT2D eigenvalue weighted by Crippen LogP contribution is -2.65. The summed E-state index contributed by atoms with van der Waals surface area (Å²) in [6, 6.07) is 49.6. The van der Waals surface area contributed by atoms with E-state index in [1.165, 1.54) is 138 Å². The minimum absolute atomic E-state index is 0.0893. The van der Waals surface area contributed by atoms with E-state index in [0.717, 1.165) is 101 Å². The van der Waals surface area contributed by atoms with Gasteiger partial charge in [0.1, 0.15) is 86.5 Å². The van der Waals surface area contributed by atoms with Gasteiger partial charge in [-0.15, -0.1) is 0 Å². The number of halogens is 6. The van der Waals surface area contributed by atoms with E-state index in [2.05, 4.69) is 60.7 Å². The number of benzene rings is 10. The Kier molecular flexibility index (Phi) is 14.5. The van der Waals surface area contributed by atoms with Crippen molar-refractivity contribution in [1.82, 2.24) is 0 Å². The van der Waals surface area contributed by atoms with E-state index in [0.29, 0.717) is 121 Å². The van der Waals surface area contributed by atoms with Crippen molar-refractivity contribution >= 4 is 120 Å². The van der Waals surface area contributed by atoms with Gasteiger partial charge >= 0.3 is 0 Å². The van der Waals surface area contributed by atoms with Gasteiger partial charge in [-0.05, 0) is 249 Å². The normalized spacial score (nSPS) is 24.5. The third kappa shape index (κ3) is 9.65. The highest BCUT2D eigenvalue weighted by Gasteiger charge is 2.53. The highest BCUT2D eigenvalue weighted by Crippen LogP contribution is 2.57. The molecule has 6 atom stereocenters. The highest BCUT2D eigenvalue weighted by atomic mass is 19.2. The summed E-state index contributed by atoms with van der Waals surface area (Å²) in [7, 11) is 0. The fraction of sp³-hybridized carbons (Fsp3) is 0.333. The summed E-state index contributed by atoms with van der Waals surface area (Å²) in [4.78, 5) is 5.28. The van der Waals surface area contributed by atoms with Gasteiger partial charge in [-0.1, -0.05) is 163 Å². The SMILES string of the molecule is Fc1cccc(F)c1N1c2cc3c(cc2B2c4ccccc4Oc4cc(C5CC6CCCCCC6C5)cc1c42)B1c2cc4c(cc2N(c2c(F)cccc2F)c2cc(C5CC6CCCCCC6C5)cc(c21)O3)N(c1c(F)cccc1F)c1cc(C2CC3CCCCCC3C2)cc2c1B4c1ccccc1O2. The van der Waals surface area contributed by atoms with Crippen LogP contribution in [0.5, 0.6) is 34.5 Å². The summed E-state index contributed by atoms with van der Waals surface area (Å²) in [6.07, 6.45) is 24.1. The second-order valence-corrected chi connectivity index (χ2v) is 33.2. The maximum atomic E-state index is 17.9. The smallest absolute Gasteiger partial charge is 0.256 e. The lowest BCUT2D eigenvalue weighted by molar-refractivity contribution is 0.367. The molecule has 6 aliphatic carbocycles. The molecule has 0 spiro atoms. The predicted octanol–water partition coefficient (Wildman–Crippen LogP) is 19.0. The molecule has 0 N–H and O–H groups in total. The quantitative estimate of drug-likeness (QED) is 0.122. The molecule has 22 rings (SSSR count). The Labute approximate surface area is 610 Å². The molecule has 0 amide bonds. The van der Waals surface area contributed by atoms with Crippen LogP contribution in [0.3, 0.4) is 0 Å². The molecule has 0 bridgehead atoms.